The molecule has 2 rings (SSSR count). The first kappa shape index (κ1) is 15.9. The highest BCUT2D eigenvalue weighted by atomic mass is 16.7. The molecule has 1 aliphatic heterocycles. The molecule has 0 aliphatic carbocycles. The summed E-state index contributed by atoms with van der Waals surface area (Å²) in [6.07, 6.45) is -1.96. The second-order valence-electron chi connectivity index (χ2n) is 4.67. The van der Waals surface area contributed by atoms with Crippen molar-refractivity contribution in [3.63, 3.8) is 0 Å². The van der Waals surface area contributed by atoms with Crippen LogP contribution < -0.4 is 11.2 Å². The van der Waals surface area contributed by atoms with Gasteiger partial charge < -0.3 is 24.4 Å². The van der Waals surface area contributed by atoms with Gasteiger partial charge in [0.25, 0.3) is 5.56 Å². The van der Waals surface area contributed by atoms with Crippen molar-refractivity contribution in [1.29, 1.82) is 0 Å². The Morgan fingerprint density at radius 3 is 2.67 bits per heavy atom. The fraction of sp³-hybridized carbons (Fsp3) is 0.667. The summed E-state index contributed by atoms with van der Waals surface area (Å²) in [5.74, 6) is 0. The molecule has 2 heterocycles. The fourth-order valence-corrected chi connectivity index (χ4v) is 2.28. The number of aromatic amines is 1. The third-order valence-corrected chi connectivity index (χ3v) is 3.37. The average Bonchev–Trinajstić information content (AvgIpc) is 2.83. The second-order valence-corrected chi connectivity index (χ2v) is 4.67. The van der Waals surface area contributed by atoms with Crippen LogP contribution in [0.4, 0.5) is 0 Å². The summed E-state index contributed by atoms with van der Waals surface area (Å²) >= 11 is 0. The van der Waals surface area contributed by atoms with E-state index in [0.717, 1.165) is 4.57 Å². The van der Waals surface area contributed by atoms with Gasteiger partial charge in [-0.2, -0.15) is 0 Å². The minimum Gasteiger partial charge on any atom is -0.394 e. The SMILES string of the molecule is COC(OC)c1cn([C@H]2C[C@H](O)[C@@H](CO)O2)c(=O)[nH]c1=O. The van der Waals surface area contributed by atoms with Gasteiger partial charge >= 0.3 is 5.69 Å². The van der Waals surface area contributed by atoms with Gasteiger partial charge in [-0.1, -0.05) is 0 Å². The fourth-order valence-electron chi connectivity index (χ4n) is 2.28. The Labute approximate surface area is 119 Å². The van der Waals surface area contributed by atoms with Crippen molar-refractivity contribution in [2.75, 3.05) is 20.8 Å². The highest BCUT2D eigenvalue weighted by Gasteiger charge is 2.35. The van der Waals surface area contributed by atoms with Gasteiger partial charge in [-0.25, -0.2) is 4.79 Å². The lowest BCUT2D eigenvalue weighted by molar-refractivity contribution is -0.107. The minimum absolute atomic E-state index is 0.102. The Morgan fingerprint density at radius 1 is 1.48 bits per heavy atom. The Kier molecular flexibility index (Phi) is 4.91. The van der Waals surface area contributed by atoms with Crippen LogP contribution in [0, 0.1) is 0 Å². The van der Waals surface area contributed by atoms with Gasteiger partial charge in [0.05, 0.1) is 18.3 Å². The maximum Gasteiger partial charge on any atom is 0.330 e. The van der Waals surface area contributed by atoms with Crippen molar-refractivity contribution < 1.29 is 24.4 Å². The molecule has 0 aromatic carbocycles. The van der Waals surface area contributed by atoms with E-state index in [1.54, 1.807) is 0 Å². The lowest BCUT2D eigenvalue weighted by Gasteiger charge is -2.18. The summed E-state index contributed by atoms with van der Waals surface area (Å²) in [5.41, 5.74) is -1.20. The molecule has 0 amide bonds. The van der Waals surface area contributed by atoms with Crippen molar-refractivity contribution in [2.45, 2.75) is 31.1 Å². The largest absolute Gasteiger partial charge is 0.394 e. The van der Waals surface area contributed by atoms with Crippen LogP contribution in [0.15, 0.2) is 15.8 Å². The first-order valence-electron chi connectivity index (χ1n) is 6.37. The maximum absolute atomic E-state index is 11.9. The molecule has 1 aromatic heterocycles. The predicted octanol–water partition coefficient (Wildman–Crippen LogP) is -1.53. The average molecular weight is 302 g/mol. The highest BCUT2D eigenvalue weighted by Crippen LogP contribution is 2.27. The Bertz CT molecular complexity index is 592. The van der Waals surface area contributed by atoms with E-state index in [1.165, 1.54) is 20.4 Å². The minimum atomic E-state index is -0.930. The van der Waals surface area contributed by atoms with Crippen molar-refractivity contribution in [2.24, 2.45) is 0 Å². The molecule has 1 fully saturated rings. The van der Waals surface area contributed by atoms with Crippen LogP contribution in [0.3, 0.4) is 0 Å². The summed E-state index contributed by atoms with van der Waals surface area (Å²) < 4.78 is 16.5. The van der Waals surface area contributed by atoms with Gasteiger partial charge in [0.1, 0.15) is 12.3 Å². The first-order chi connectivity index (χ1) is 10.0. The van der Waals surface area contributed by atoms with E-state index >= 15 is 0 Å². The van der Waals surface area contributed by atoms with Crippen LogP contribution in [-0.2, 0) is 14.2 Å². The van der Waals surface area contributed by atoms with E-state index in [4.69, 9.17) is 19.3 Å². The molecule has 3 atom stereocenters. The number of methoxy groups -OCH3 is 2. The normalized spacial score (nSPS) is 25.7. The Hall–Kier alpha value is -1.52. The first-order valence-corrected chi connectivity index (χ1v) is 6.37. The molecule has 118 valence electrons. The van der Waals surface area contributed by atoms with E-state index < -0.39 is 36.0 Å². The van der Waals surface area contributed by atoms with Crippen molar-refractivity contribution >= 4 is 0 Å². The molecule has 0 bridgehead atoms. The number of hydrogen-bond acceptors (Lipinski definition) is 7. The topological polar surface area (TPSA) is 123 Å². The van der Waals surface area contributed by atoms with Crippen LogP contribution in [0.5, 0.6) is 0 Å². The molecule has 0 spiro atoms. The maximum atomic E-state index is 11.9. The molecule has 1 aromatic rings. The molecular weight excluding hydrogens is 284 g/mol. The van der Waals surface area contributed by atoms with Gasteiger partial charge in [-0.15, -0.1) is 0 Å². The zero-order chi connectivity index (χ0) is 15.6. The molecule has 9 nitrogen and oxygen atoms in total. The summed E-state index contributed by atoms with van der Waals surface area (Å²) in [7, 11) is 2.72. The number of aliphatic hydroxyl groups excluding tert-OH is 2. The summed E-state index contributed by atoms with van der Waals surface area (Å²) in [6, 6.07) is 0. The lowest BCUT2D eigenvalue weighted by atomic mass is 10.2. The molecular formula is C12H18N2O7. The van der Waals surface area contributed by atoms with Gasteiger partial charge in [0.15, 0.2) is 6.29 Å². The number of rotatable bonds is 5. The van der Waals surface area contributed by atoms with Crippen LogP contribution >= 0.6 is 0 Å². The number of ether oxygens (including phenoxy) is 3. The molecule has 0 saturated carbocycles. The van der Waals surface area contributed by atoms with Gasteiger partial charge in [0.2, 0.25) is 0 Å². The van der Waals surface area contributed by atoms with Crippen LogP contribution in [0.25, 0.3) is 0 Å². The van der Waals surface area contributed by atoms with Gasteiger partial charge in [-0.3, -0.25) is 14.3 Å². The van der Waals surface area contributed by atoms with Crippen molar-refractivity contribution in [3.05, 3.63) is 32.6 Å². The van der Waals surface area contributed by atoms with E-state index in [-0.39, 0.29) is 18.6 Å². The number of H-pyrrole nitrogens is 1. The molecule has 3 N–H and O–H groups in total. The molecule has 1 saturated heterocycles. The number of aromatic nitrogens is 2. The zero-order valence-electron chi connectivity index (χ0n) is 11.7. The molecule has 9 heteroatoms. The van der Waals surface area contributed by atoms with Crippen LogP contribution in [0.1, 0.15) is 24.5 Å². The molecule has 21 heavy (non-hydrogen) atoms. The number of aliphatic hydroxyl groups is 2. The summed E-state index contributed by atoms with van der Waals surface area (Å²) in [4.78, 5) is 25.8. The molecule has 1 aliphatic rings. The second kappa shape index (κ2) is 6.50. The van der Waals surface area contributed by atoms with Crippen LogP contribution in [-0.4, -0.2) is 52.8 Å². The smallest absolute Gasteiger partial charge is 0.330 e. The standard InChI is InChI=1S/C12H18N2O7/c1-19-11(20-2)6-4-14(12(18)13-10(6)17)9-3-7(16)8(5-15)21-9/h4,7-9,11,15-16H,3,5H2,1-2H3,(H,13,17,18)/t7-,8+,9+/m0/s1. The quantitative estimate of drug-likeness (QED) is 0.564. The van der Waals surface area contributed by atoms with E-state index in [1.807, 2.05) is 0 Å². The van der Waals surface area contributed by atoms with E-state index in [2.05, 4.69) is 4.98 Å². The molecule has 0 unspecified atom stereocenters. The number of nitrogens with zero attached hydrogens (tertiary/aromatic N) is 1. The highest BCUT2D eigenvalue weighted by molar-refractivity contribution is 5.07. The Balaban J connectivity index is 2.39. The van der Waals surface area contributed by atoms with Gasteiger partial charge in [0, 0.05) is 26.8 Å². The zero-order valence-corrected chi connectivity index (χ0v) is 11.7. The van der Waals surface area contributed by atoms with E-state index in [0.29, 0.717) is 0 Å². The molecule has 0 radical (unpaired) electrons. The third kappa shape index (κ3) is 3.06. The number of nitrogens with one attached hydrogen (secondary N) is 1. The predicted molar refractivity (Wildman–Crippen MR) is 69.7 cm³/mol. The van der Waals surface area contributed by atoms with Crippen LogP contribution in [0.2, 0.25) is 0 Å². The number of hydrogen-bond donors (Lipinski definition) is 3. The van der Waals surface area contributed by atoms with E-state index in [9.17, 15) is 14.7 Å². The monoisotopic (exact) mass is 302 g/mol. The lowest BCUT2D eigenvalue weighted by Crippen LogP contribution is -2.35. The summed E-state index contributed by atoms with van der Waals surface area (Å²) in [6.45, 7) is -0.360. The summed E-state index contributed by atoms with van der Waals surface area (Å²) in [5, 5.41) is 18.8. The third-order valence-electron chi connectivity index (χ3n) is 3.37. The Morgan fingerprint density at radius 2 is 2.14 bits per heavy atom. The van der Waals surface area contributed by atoms with Gasteiger partial charge in [-0.05, 0) is 0 Å². The van der Waals surface area contributed by atoms with Crippen molar-refractivity contribution in [1.82, 2.24) is 9.55 Å². The van der Waals surface area contributed by atoms with Crippen molar-refractivity contribution in [3.8, 4) is 0 Å².